The van der Waals surface area contributed by atoms with Crippen LogP contribution in [0, 0.1) is 10.1 Å². The summed E-state index contributed by atoms with van der Waals surface area (Å²) < 4.78 is 20.9. The molecule has 12 heteroatoms. The molecular formula is C11H14NO10P. The number of aliphatic hydroxyl groups excluding tert-OH is 3. The van der Waals surface area contributed by atoms with Crippen LogP contribution >= 0.6 is 7.82 Å². The lowest BCUT2D eigenvalue weighted by molar-refractivity contribution is -0.384. The number of phosphoric acid groups is 1. The third kappa shape index (κ3) is 3.42. The first-order valence-corrected chi connectivity index (χ1v) is 7.80. The van der Waals surface area contributed by atoms with E-state index in [4.69, 9.17) is 19.6 Å². The molecule has 2 rings (SSSR count). The highest BCUT2D eigenvalue weighted by Crippen LogP contribution is 2.51. The second-order valence-corrected chi connectivity index (χ2v) is 5.99. The normalized spacial score (nSPS) is 31.3. The fourth-order valence-electron chi connectivity index (χ4n) is 2.30. The van der Waals surface area contributed by atoms with E-state index in [-0.39, 0.29) is 11.3 Å². The van der Waals surface area contributed by atoms with Gasteiger partial charge in [0.1, 0.15) is 18.3 Å². The molecule has 5 N–H and O–H groups in total. The maximum absolute atomic E-state index is 11.2. The molecule has 1 fully saturated rings. The van der Waals surface area contributed by atoms with Crippen LogP contribution in [0.3, 0.4) is 0 Å². The molecule has 1 saturated heterocycles. The Labute approximate surface area is 129 Å². The van der Waals surface area contributed by atoms with E-state index in [0.29, 0.717) is 0 Å². The highest BCUT2D eigenvalue weighted by molar-refractivity contribution is 7.46. The molecule has 1 aromatic rings. The molecule has 4 atom stereocenters. The number of hydrogen-bond donors (Lipinski definition) is 5. The van der Waals surface area contributed by atoms with Gasteiger partial charge >= 0.3 is 7.82 Å². The lowest BCUT2D eigenvalue weighted by Gasteiger charge is -2.32. The molecule has 1 aromatic carbocycles. The van der Waals surface area contributed by atoms with Crippen LogP contribution in [0.1, 0.15) is 5.56 Å². The van der Waals surface area contributed by atoms with Gasteiger partial charge in [0.2, 0.25) is 5.79 Å². The zero-order valence-corrected chi connectivity index (χ0v) is 12.3. The number of aliphatic hydroxyl groups is 3. The summed E-state index contributed by atoms with van der Waals surface area (Å²) in [5.41, 5.74) is -0.485. The van der Waals surface area contributed by atoms with E-state index in [1.807, 2.05) is 0 Å². The number of phosphoric ester groups is 1. The molecule has 23 heavy (non-hydrogen) atoms. The van der Waals surface area contributed by atoms with Crippen LogP contribution in [-0.2, 0) is 19.6 Å². The van der Waals surface area contributed by atoms with Gasteiger partial charge in [0.15, 0.2) is 0 Å². The Bertz CT molecular complexity index is 630. The van der Waals surface area contributed by atoms with Crippen LogP contribution in [0.15, 0.2) is 24.3 Å². The summed E-state index contributed by atoms with van der Waals surface area (Å²) in [5.74, 6) is -2.49. The zero-order valence-electron chi connectivity index (χ0n) is 11.4. The Morgan fingerprint density at radius 3 is 2.26 bits per heavy atom. The van der Waals surface area contributed by atoms with Crippen LogP contribution < -0.4 is 0 Å². The minimum Gasteiger partial charge on any atom is -0.394 e. The molecule has 0 aromatic heterocycles. The summed E-state index contributed by atoms with van der Waals surface area (Å²) in [6.45, 7) is -0.753. The van der Waals surface area contributed by atoms with Gasteiger partial charge < -0.3 is 29.8 Å². The predicted molar refractivity (Wildman–Crippen MR) is 71.9 cm³/mol. The van der Waals surface area contributed by atoms with Gasteiger partial charge in [-0.25, -0.2) is 9.09 Å². The van der Waals surface area contributed by atoms with Gasteiger partial charge in [-0.15, -0.1) is 0 Å². The molecule has 1 heterocycles. The summed E-state index contributed by atoms with van der Waals surface area (Å²) in [7, 11) is -5.19. The van der Waals surface area contributed by atoms with Gasteiger partial charge in [-0.3, -0.25) is 10.1 Å². The minimum absolute atomic E-state index is 0.172. The first kappa shape index (κ1) is 17.9. The number of non-ortho nitro benzene ring substituents is 1. The van der Waals surface area contributed by atoms with Gasteiger partial charge in [-0.05, 0) is 12.1 Å². The quantitative estimate of drug-likeness (QED) is 0.250. The highest BCUT2D eigenvalue weighted by atomic mass is 31.2. The van der Waals surface area contributed by atoms with Gasteiger partial charge in [0, 0.05) is 17.7 Å². The lowest BCUT2D eigenvalue weighted by atomic mass is 9.98. The molecule has 1 aliphatic heterocycles. The SMILES string of the molecule is O=[N+]([O-])c1ccc(C2(OP(=O)(O)O)O[C@H](CO)[C@@H](O)[C@H]2O)cc1. The monoisotopic (exact) mass is 351 g/mol. The second-order valence-electron chi connectivity index (χ2n) is 4.83. The van der Waals surface area contributed by atoms with Crippen LogP contribution in [0.2, 0.25) is 0 Å². The van der Waals surface area contributed by atoms with Gasteiger partial charge in [-0.2, -0.15) is 0 Å². The predicted octanol–water partition coefficient (Wildman–Crippen LogP) is -1.03. The third-order valence-electron chi connectivity index (χ3n) is 3.34. The van der Waals surface area contributed by atoms with Crippen LogP contribution in [0.4, 0.5) is 5.69 Å². The van der Waals surface area contributed by atoms with E-state index in [9.17, 15) is 24.9 Å². The van der Waals surface area contributed by atoms with Crippen molar-refractivity contribution >= 4 is 13.5 Å². The standard InChI is InChI=1S/C11H14NO10P/c13-5-8-9(14)10(15)11(21-8,22-23(18,19)20)6-1-3-7(4-2-6)12(16)17/h1-4,8-10,13-15H,5H2,(H2,18,19,20)/t8-,9-,10-,11?/m1/s1. The summed E-state index contributed by atoms with van der Waals surface area (Å²) >= 11 is 0. The highest BCUT2D eigenvalue weighted by Gasteiger charge is 2.59. The first-order valence-electron chi connectivity index (χ1n) is 6.27. The molecule has 0 radical (unpaired) electrons. The maximum atomic E-state index is 11.2. The Balaban J connectivity index is 2.50. The molecule has 0 saturated carbocycles. The van der Waals surface area contributed by atoms with Crippen LogP contribution in [0.5, 0.6) is 0 Å². The van der Waals surface area contributed by atoms with Crippen molar-refractivity contribution in [3.8, 4) is 0 Å². The number of nitrogens with zero attached hydrogens (tertiary/aromatic N) is 1. The number of ether oxygens (including phenoxy) is 1. The minimum atomic E-state index is -5.19. The largest absolute Gasteiger partial charge is 0.472 e. The van der Waals surface area contributed by atoms with Crippen molar-refractivity contribution in [1.29, 1.82) is 0 Å². The molecule has 0 amide bonds. The fourth-order valence-corrected chi connectivity index (χ4v) is 2.91. The van der Waals surface area contributed by atoms with E-state index < -0.39 is 43.5 Å². The van der Waals surface area contributed by atoms with Crippen LogP contribution in [0.25, 0.3) is 0 Å². The third-order valence-corrected chi connectivity index (χ3v) is 3.84. The molecule has 11 nitrogen and oxygen atoms in total. The van der Waals surface area contributed by atoms with Crippen molar-refractivity contribution in [2.24, 2.45) is 0 Å². The van der Waals surface area contributed by atoms with E-state index >= 15 is 0 Å². The Hall–Kier alpha value is -1.43. The van der Waals surface area contributed by atoms with Gasteiger partial charge in [0.05, 0.1) is 11.5 Å². The number of nitro benzene ring substituents is 1. The summed E-state index contributed by atoms with van der Waals surface area (Å²) in [6, 6.07) is 4.14. The van der Waals surface area contributed by atoms with Gasteiger partial charge in [0.25, 0.3) is 5.69 Å². The van der Waals surface area contributed by atoms with Crippen molar-refractivity contribution in [3.05, 3.63) is 39.9 Å². The zero-order chi connectivity index (χ0) is 17.4. The number of nitro groups is 1. The second kappa shape index (κ2) is 6.23. The molecular weight excluding hydrogens is 337 g/mol. The molecule has 1 unspecified atom stereocenters. The smallest absolute Gasteiger partial charge is 0.394 e. The Kier molecular flexibility index (Phi) is 4.85. The average molecular weight is 351 g/mol. The van der Waals surface area contributed by atoms with E-state index in [2.05, 4.69) is 4.52 Å². The summed E-state index contributed by atoms with van der Waals surface area (Å²) in [5, 5.41) is 39.7. The number of rotatable bonds is 5. The van der Waals surface area contributed by atoms with Gasteiger partial charge in [-0.1, -0.05) is 0 Å². The van der Waals surface area contributed by atoms with Crippen LogP contribution in [-0.4, -0.2) is 54.9 Å². The molecule has 0 bridgehead atoms. The van der Waals surface area contributed by atoms with E-state index in [1.54, 1.807) is 0 Å². The van der Waals surface area contributed by atoms with Crippen molar-refractivity contribution in [2.45, 2.75) is 24.1 Å². The molecule has 1 aliphatic rings. The van der Waals surface area contributed by atoms with Crippen molar-refractivity contribution < 1.29 is 43.9 Å². The van der Waals surface area contributed by atoms with E-state index in [1.165, 1.54) is 0 Å². The topological polar surface area (TPSA) is 180 Å². The van der Waals surface area contributed by atoms with Crippen molar-refractivity contribution in [1.82, 2.24) is 0 Å². The van der Waals surface area contributed by atoms with Crippen molar-refractivity contribution in [3.63, 3.8) is 0 Å². The Morgan fingerprint density at radius 2 is 1.87 bits per heavy atom. The average Bonchev–Trinajstić information content (AvgIpc) is 2.71. The molecule has 0 spiro atoms. The maximum Gasteiger partial charge on any atom is 0.472 e. The Morgan fingerprint density at radius 1 is 1.30 bits per heavy atom. The fraction of sp³-hybridized carbons (Fsp3) is 0.455. The first-order chi connectivity index (χ1) is 10.6. The summed E-state index contributed by atoms with van der Waals surface area (Å²) in [6.07, 6.45) is -5.01. The number of hydrogen-bond acceptors (Lipinski definition) is 8. The molecule has 128 valence electrons. The summed E-state index contributed by atoms with van der Waals surface area (Å²) in [4.78, 5) is 28.1. The number of benzene rings is 1. The van der Waals surface area contributed by atoms with Crippen molar-refractivity contribution in [2.75, 3.05) is 6.61 Å². The lowest BCUT2D eigenvalue weighted by Crippen LogP contribution is -2.42. The molecule has 0 aliphatic carbocycles. The van der Waals surface area contributed by atoms with E-state index in [0.717, 1.165) is 24.3 Å².